The van der Waals surface area contributed by atoms with Crippen LogP contribution in [0.2, 0.25) is 10.0 Å². The Morgan fingerprint density at radius 2 is 1.88 bits per heavy atom. The molecule has 3 rings (SSSR count). The molecule has 0 saturated heterocycles. The van der Waals surface area contributed by atoms with Gasteiger partial charge in [-0.1, -0.05) is 23.2 Å². The van der Waals surface area contributed by atoms with Crippen molar-refractivity contribution < 1.29 is 17.3 Å². The average Bonchev–Trinajstić information content (AvgIpc) is 2.59. The molecule has 1 heterocycles. The maximum Gasteiger partial charge on any atom is 0.339 e. The zero-order valence-corrected chi connectivity index (χ0v) is 16.6. The monoisotopic (exact) mass is 461 g/mol. The number of fused-ring (bicyclic) bond motifs is 1. The summed E-state index contributed by atoms with van der Waals surface area (Å²) in [5, 5.41) is 0.930. The molecule has 2 aromatic carbocycles. The number of hydrogen-bond donors (Lipinski definition) is 0. The molecule has 0 amide bonds. The van der Waals surface area contributed by atoms with Gasteiger partial charge in [0.15, 0.2) is 5.75 Å². The average molecular weight is 463 g/mol. The molecule has 0 aliphatic carbocycles. The van der Waals surface area contributed by atoms with Gasteiger partial charge in [-0.3, -0.25) is 4.98 Å². The number of aromatic nitrogens is 1. The first-order chi connectivity index (χ1) is 11.8. The summed E-state index contributed by atoms with van der Waals surface area (Å²) in [5.74, 6) is 0.276. The number of pyridine rings is 1. The fourth-order valence-corrected chi connectivity index (χ4v) is 4.16. The summed E-state index contributed by atoms with van der Waals surface area (Å²) in [4.78, 5) is 4.06. The fraction of sp³-hybridized carbons (Fsp3) is 0.0625. The molecule has 0 radical (unpaired) electrons. The van der Waals surface area contributed by atoms with Gasteiger partial charge in [0.2, 0.25) is 0 Å². The number of hydrogen-bond acceptors (Lipinski definition) is 5. The van der Waals surface area contributed by atoms with E-state index in [-0.39, 0.29) is 21.2 Å². The van der Waals surface area contributed by atoms with E-state index in [0.29, 0.717) is 20.6 Å². The summed E-state index contributed by atoms with van der Waals surface area (Å²) in [7, 11) is -2.72. The molecule has 25 heavy (non-hydrogen) atoms. The normalized spacial score (nSPS) is 11.5. The van der Waals surface area contributed by atoms with Gasteiger partial charge in [-0.05, 0) is 46.3 Å². The number of nitrogens with zero attached hydrogens (tertiary/aromatic N) is 1. The maximum atomic E-state index is 12.6. The molecule has 0 bridgehead atoms. The van der Waals surface area contributed by atoms with Crippen LogP contribution in [-0.4, -0.2) is 20.5 Å². The number of rotatable bonds is 4. The van der Waals surface area contributed by atoms with Crippen LogP contribution in [0.1, 0.15) is 0 Å². The predicted molar refractivity (Wildman–Crippen MR) is 100 cm³/mol. The number of halogens is 3. The van der Waals surface area contributed by atoms with E-state index in [1.165, 1.54) is 31.5 Å². The molecule has 5 nitrogen and oxygen atoms in total. The molecular formula is C16H10BrCl2NO4S. The molecule has 3 aromatic rings. The molecule has 1 aromatic heterocycles. The summed E-state index contributed by atoms with van der Waals surface area (Å²) in [6, 6.07) is 9.08. The minimum atomic E-state index is -4.16. The second-order valence-corrected chi connectivity index (χ2v) is 8.12. The molecule has 0 atom stereocenters. The lowest BCUT2D eigenvalue weighted by atomic mass is 10.2. The van der Waals surface area contributed by atoms with Crippen LogP contribution in [0.4, 0.5) is 0 Å². The Morgan fingerprint density at radius 3 is 2.60 bits per heavy atom. The van der Waals surface area contributed by atoms with Crippen molar-refractivity contribution in [2.45, 2.75) is 4.90 Å². The zero-order valence-electron chi connectivity index (χ0n) is 12.7. The Kier molecular flexibility index (Phi) is 5.11. The Bertz CT molecular complexity index is 1070. The summed E-state index contributed by atoms with van der Waals surface area (Å²) in [5.41, 5.74) is 0.257. The van der Waals surface area contributed by atoms with E-state index in [0.717, 1.165) is 0 Å². The van der Waals surface area contributed by atoms with Crippen LogP contribution in [0.3, 0.4) is 0 Å². The molecule has 0 aliphatic rings. The number of benzene rings is 2. The summed E-state index contributed by atoms with van der Waals surface area (Å²) in [6.07, 6.45) is 1.50. The van der Waals surface area contributed by atoms with Crippen molar-refractivity contribution in [3.05, 3.63) is 57.1 Å². The molecule has 0 N–H and O–H groups in total. The molecule has 0 saturated carbocycles. The first-order valence-corrected chi connectivity index (χ1v) is 9.80. The highest BCUT2D eigenvalue weighted by Gasteiger charge is 2.23. The standard InChI is InChI=1S/C16H10BrCl2NO4S/c1-23-14-7-9(4-5-11(14)17)25(21,22)24-16-13(19)8-12(18)10-3-2-6-20-15(10)16/h2-8H,1H3. The minimum Gasteiger partial charge on any atom is -0.496 e. The van der Waals surface area contributed by atoms with Crippen LogP contribution in [0.5, 0.6) is 11.5 Å². The van der Waals surface area contributed by atoms with Crippen LogP contribution in [0.15, 0.2) is 52.0 Å². The lowest BCUT2D eigenvalue weighted by Gasteiger charge is -2.12. The van der Waals surface area contributed by atoms with Gasteiger partial charge < -0.3 is 8.92 Å². The van der Waals surface area contributed by atoms with E-state index < -0.39 is 10.1 Å². The van der Waals surface area contributed by atoms with Crippen molar-refractivity contribution >= 4 is 60.2 Å². The Hall–Kier alpha value is -1.54. The Balaban J connectivity index is 2.12. The van der Waals surface area contributed by atoms with Gasteiger partial charge in [0, 0.05) is 17.6 Å². The van der Waals surface area contributed by atoms with Crippen molar-refractivity contribution in [3.8, 4) is 11.5 Å². The van der Waals surface area contributed by atoms with Crippen LogP contribution in [0, 0.1) is 0 Å². The van der Waals surface area contributed by atoms with Gasteiger partial charge in [0.1, 0.15) is 16.2 Å². The first-order valence-electron chi connectivity index (χ1n) is 6.84. The van der Waals surface area contributed by atoms with Crippen molar-refractivity contribution in [1.29, 1.82) is 0 Å². The van der Waals surface area contributed by atoms with Gasteiger partial charge in [-0.15, -0.1) is 0 Å². The smallest absolute Gasteiger partial charge is 0.339 e. The van der Waals surface area contributed by atoms with E-state index in [1.54, 1.807) is 18.2 Å². The largest absolute Gasteiger partial charge is 0.496 e. The lowest BCUT2D eigenvalue weighted by molar-refractivity contribution is 0.410. The van der Waals surface area contributed by atoms with Gasteiger partial charge in [0.25, 0.3) is 0 Å². The van der Waals surface area contributed by atoms with Gasteiger partial charge in [0.05, 0.1) is 21.6 Å². The SMILES string of the molecule is COc1cc(S(=O)(=O)Oc2c(Cl)cc(Cl)c3cccnc23)ccc1Br. The third kappa shape index (κ3) is 3.55. The number of ether oxygens (including phenoxy) is 1. The minimum absolute atomic E-state index is 0.0452. The highest BCUT2D eigenvalue weighted by atomic mass is 79.9. The predicted octanol–water partition coefficient (Wildman–Crippen LogP) is 5.08. The molecule has 0 spiro atoms. The summed E-state index contributed by atoms with van der Waals surface area (Å²) in [6.45, 7) is 0. The number of methoxy groups -OCH3 is 1. The molecule has 0 fully saturated rings. The molecule has 0 unspecified atom stereocenters. The first kappa shape index (κ1) is 18.3. The van der Waals surface area contributed by atoms with Crippen LogP contribution < -0.4 is 8.92 Å². The van der Waals surface area contributed by atoms with Crippen molar-refractivity contribution in [3.63, 3.8) is 0 Å². The van der Waals surface area contributed by atoms with Crippen LogP contribution in [0.25, 0.3) is 10.9 Å². The lowest BCUT2D eigenvalue weighted by Crippen LogP contribution is -2.11. The van der Waals surface area contributed by atoms with Gasteiger partial charge >= 0.3 is 10.1 Å². The third-order valence-electron chi connectivity index (χ3n) is 3.35. The maximum absolute atomic E-state index is 12.6. The highest BCUT2D eigenvalue weighted by molar-refractivity contribution is 9.10. The van der Waals surface area contributed by atoms with E-state index in [2.05, 4.69) is 20.9 Å². The quantitative estimate of drug-likeness (QED) is 0.505. The molecule has 130 valence electrons. The van der Waals surface area contributed by atoms with E-state index in [1.807, 2.05) is 0 Å². The van der Waals surface area contributed by atoms with E-state index in [9.17, 15) is 8.42 Å². The Morgan fingerprint density at radius 1 is 1.12 bits per heavy atom. The van der Waals surface area contributed by atoms with Gasteiger partial charge in [-0.25, -0.2) is 0 Å². The van der Waals surface area contributed by atoms with E-state index in [4.69, 9.17) is 32.1 Å². The van der Waals surface area contributed by atoms with Gasteiger partial charge in [-0.2, -0.15) is 8.42 Å². The van der Waals surface area contributed by atoms with E-state index >= 15 is 0 Å². The topological polar surface area (TPSA) is 65.5 Å². The fourth-order valence-electron chi connectivity index (χ4n) is 2.18. The van der Waals surface area contributed by atoms with Crippen molar-refractivity contribution in [2.24, 2.45) is 0 Å². The second kappa shape index (κ2) is 6.99. The second-order valence-electron chi connectivity index (χ2n) is 4.90. The third-order valence-corrected chi connectivity index (χ3v) is 5.82. The van der Waals surface area contributed by atoms with Crippen LogP contribution >= 0.6 is 39.1 Å². The summed E-state index contributed by atoms with van der Waals surface area (Å²) >= 11 is 15.5. The molecular weight excluding hydrogens is 453 g/mol. The van der Waals surface area contributed by atoms with Crippen molar-refractivity contribution in [1.82, 2.24) is 4.98 Å². The molecule has 9 heteroatoms. The van der Waals surface area contributed by atoms with Crippen LogP contribution in [-0.2, 0) is 10.1 Å². The van der Waals surface area contributed by atoms with Crippen molar-refractivity contribution in [2.75, 3.05) is 7.11 Å². The summed E-state index contributed by atoms with van der Waals surface area (Å²) < 4.78 is 36.3. The molecule has 0 aliphatic heterocycles. The Labute approximate surface area is 162 Å². The highest BCUT2D eigenvalue weighted by Crippen LogP contribution is 2.38. The zero-order chi connectivity index (χ0) is 18.2.